The van der Waals surface area contributed by atoms with E-state index in [9.17, 15) is 0 Å². The van der Waals surface area contributed by atoms with Gasteiger partial charge in [-0.25, -0.2) is 9.97 Å². The van der Waals surface area contributed by atoms with Gasteiger partial charge in [-0.2, -0.15) is 0 Å². The highest BCUT2D eigenvalue weighted by atomic mass is 32.2. The van der Waals surface area contributed by atoms with Crippen LogP contribution in [0.4, 0.5) is 5.82 Å². The second-order valence-corrected chi connectivity index (χ2v) is 6.65. The highest BCUT2D eigenvalue weighted by Crippen LogP contribution is 2.29. The first-order chi connectivity index (χ1) is 9.78. The number of piperidine rings is 1. The molecule has 110 valence electrons. The van der Waals surface area contributed by atoms with Crippen LogP contribution in [0.2, 0.25) is 0 Å². The van der Waals surface area contributed by atoms with Gasteiger partial charge in [0.1, 0.15) is 5.82 Å². The predicted molar refractivity (Wildman–Crippen MR) is 84.7 cm³/mol. The molecule has 0 bridgehead atoms. The van der Waals surface area contributed by atoms with E-state index in [1.807, 2.05) is 0 Å². The van der Waals surface area contributed by atoms with Crippen LogP contribution in [-0.2, 0) is 12.8 Å². The molecule has 3 rings (SSSR count). The van der Waals surface area contributed by atoms with E-state index in [0.29, 0.717) is 0 Å². The third-order valence-electron chi connectivity index (χ3n) is 4.41. The lowest BCUT2D eigenvalue weighted by Crippen LogP contribution is -2.34. The summed E-state index contributed by atoms with van der Waals surface area (Å²) in [4.78, 5) is 12.1. The Morgan fingerprint density at radius 2 is 1.90 bits per heavy atom. The molecule has 1 saturated heterocycles. The zero-order chi connectivity index (χ0) is 13.9. The number of hydrogen-bond donors (Lipinski definition) is 1. The molecule has 0 atom stereocenters. The van der Waals surface area contributed by atoms with Gasteiger partial charge in [-0.3, -0.25) is 0 Å². The predicted octanol–water partition coefficient (Wildman–Crippen LogP) is 2.12. The summed E-state index contributed by atoms with van der Waals surface area (Å²) in [6, 6.07) is 0. The minimum absolute atomic E-state index is 0.855. The van der Waals surface area contributed by atoms with Gasteiger partial charge in [0.2, 0.25) is 0 Å². The van der Waals surface area contributed by atoms with E-state index < -0.39 is 0 Å². The lowest BCUT2D eigenvalue weighted by atomic mass is 9.98. The summed E-state index contributed by atoms with van der Waals surface area (Å²) in [5, 5.41) is 4.41. The van der Waals surface area contributed by atoms with Crippen molar-refractivity contribution in [3.8, 4) is 0 Å². The Hall–Kier alpha value is -0.810. The van der Waals surface area contributed by atoms with Crippen LogP contribution in [0, 0.1) is 5.92 Å². The highest BCUT2D eigenvalue weighted by Gasteiger charge is 2.23. The van der Waals surface area contributed by atoms with E-state index in [4.69, 9.17) is 9.97 Å². The van der Waals surface area contributed by atoms with E-state index in [1.54, 1.807) is 11.8 Å². The summed E-state index contributed by atoms with van der Waals surface area (Å²) in [6.45, 7) is 6.73. The Bertz CT molecular complexity index is 469. The molecule has 20 heavy (non-hydrogen) atoms. The van der Waals surface area contributed by atoms with Crippen molar-refractivity contribution in [3.63, 3.8) is 0 Å². The topological polar surface area (TPSA) is 41.1 Å². The number of nitrogens with zero attached hydrogens (tertiary/aromatic N) is 3. The average Bonchev–Trinajstić information content (AvgIpc) is 2.72. The Morgan fingerprint density at radius 3 is 2.65 bits per heavy atom. The maximum atomic E-state index is 4.84. The summed E-state index contributed by atoms with van der Waals surface area (Å²) < 4.78 is 0. The van der Waals surface area contributed by atoms with Crippen LogP contribution in [0.25, 0.3) is 0 Å². The van der Waals surface area contributed by atoms with Crippen molar-refractivity contribution in [2.45, 2.75) is 37.8 Å². The van der Waals surface area contributed by atoms with Crippen molar-refractivity contribution < 1.29 is 0 Å². The van der Waals surface area contributed by atoms with E-state index in [-0.39, 0.29) is 0 Å². The number of rotatable bonds is 2. The highest BCUT2D eigenvalue weighted by molar-refractivity contribution is 7.98. The summed E-state index contributed by atoms with van der Waals surface area (Å²) in [5.41, 5.74) is 2.66. The first kappa shape index (κ1) is 14.1. The SMILES string of the molecule is CSc1nc2c(c(N3CCC(C)CC3)n1)CCNCC2. The molecular weight excluding hydrogens is 268 g/mol. The molecule has 3 heterocycles. The van der Waals surface area contributed by atoms with Crippen molar-refractivity contribution in [1.82, 2.24) is 15.3 Å². The van der Waals surface area contributed by atoms with E-state index in [0.717, 1.165) is 50.1 Å². The number of fused-ring (bicyclic) bond motifs is 1. The van der Waals surface area contributed by atoms with Crippen molar-refractivity contribution in [3.05, 3.63) is 11.3 Å². The molecule has 0 unspecified atom stereocenters. The molecule has 0 amide bonds. The number of hydrogen-bond acceptors (Lipinski definition) is 5. The van der Waals surface area contributed by atoms with Gasteiger partial charge in [0, 0.05) is 31.6 Å². The Labute approximate surface area is 125 Å². The van der Waals surface area contributed by atoms with E-state index in [1.165, 1.54) is 29.9 Å². The third kappa shape index (κ3) is 2.93. The molecule has 0 aromatic carbocycles. The number of aromatic nitrogens is 2. The van der Waals surface area contributed by atoms with Crippen LogP contribution in [0.15, 0.2) is 5.16 Å². The quantitative estimate of drug-likeness (QED) is 0.668. The zero-order valence-electron chi connectivity index (χ0n) is 12.5. The van der Waals surface area contributed by atoms with Crippen molar-refractivity contribution in [2.24, 2.45) is 5.92 Å². The largest absolute Gasteiger partial charge is 0.356 e. The van der Waals surface area contributed by atoms with Crippen LogP contribution in [0.3, 0.4) is 0 Å². The molecule has 2 aliphatic rings. The van der Waals surface area contributed by atoms with E-state index >= 15 is 0 Å². The fourth-order valence-electron chi connectivity index (χ4n) is 3.08. The standard InChI is InChI=1S/C15H24N4S/c1-11-5-9-19(10-6-11)14-12-3-7-16-8-4-13(12)17-15(18-14)20-2/h11,16H,3-10H2,1-2H3. The number of nitrogens with one attached hydrogen (secondary N) is 1. The van der Waals surface area contributed by atoms with Crippen molar-refractivity contribution >= 4 is 17.6 Å². The minimum Gasteiger partial charge on any atom is -0.356 e. The fourth-order valence-corrected chi connectivity index (χ4v) is 3.46. The molecule has 0 aliphatic carbocycles. The van der Waals surface area contributed by atoms with Crippen LogP contribution in [0.1, 0.15) is 31.0 Å². The Kier molecular flexibility index (Phi) is 4.46. The summed E-state index contributed by atoms with van der Waals surface area (Å²) in [5.74, 6) is 2.07. The zero-order valence-corrected chi connectivity index (χ0v) is 13.3. The van der Waals surface area contributed by atoms with Gasteiger partial charge in [0.05, 0.1) is 5.69 Å². The fraction of sp³-hybridized carbons (Fsp3) is 0.733. The second kappa shape index (κ2) is 6.31. The molecule has 2 aliphatic heterocycles. The van der Waals surface area contributed by atoms with Gasteiger partial charge in [0.15, 0.2) is 5.16 Å². The van der Waals surface area contributed by atoms with Gasteiger partial charge in [-0.15, -0.1) is 0 Å². The molecular formula is C15H24N4S. The number of thioether (sulfide) groups is 1. The molecule has 0 saturated carbocycles. The molecule has 1 aromatic rings. The van der Waals surface area contributed by atoms with Crippen molar-refractivity contribution in [2.75, 3.05) is 37.3 Å². The van der Waals surface area contributed by atoms with Gasteiger partial charge < -0.3 is 10.2 Å². The van der Waals surface area contributed by atoms with Crippen molar-refractivity contribution in [1.29, 1.82) is 0 Å². The molecule has 4 nitrogen and oxygen atoms in total. The second-order valence-electron chi connectivity index (χ2n) is 5.88. The molecule has 1 N–H and O–H groups in total. The normalized spacial score (nSPS) is 20.6. The Morgan fingerprint density at radius 1 is 1.15 bits per heavy atom. The first-order valence-corrected chi connectivity index (χ1v) is 8.90. The summed E-state index contributed by atoms with van der Waals surface area (Å²) in [7, 11) is 0. The molecule has 0 spiro atoms. The lowest BCUT2D eigenvalue weighted by molar-refractivity contribution is 0.435. The summed E-state index contributed by atoms with van der Waals surface area (Å²) in [6.07, 6.45) is 6.73. The average molecular weight is 292 g/mol. The lowest BCUT2D eigenvalue weighted by Gasteiger charge is -2.33. The monoisotopic (exact) mass is 292 g/mol. The maximum absolute atomic E-state index is 4.84. The first-order valence-electron chi connectivity index (χ1n) is 7.67. The van der Waals surface area contributed by atoms with Gasteiger partial charge in [-0.05, 0) is 38.0 Å². The van der Waals surface area contributed by atoms with Gasteiger partial charge >= 0.3 is 0 Å². The van der Waals surface area contributed by atoms with Gasteiger partial charge in [-0.1, -0.05) is 18.7 Å². The Balaban J connectivity index is 1.95. The molecule has 5 heteroatoms. The van der Waals surface area contributed by atoms with Crippen LogP contribution in [-0.4, -0.2) is 42.4 Å². The summed E-state index contributed by atoms with van der Waals surface area (Å²) >= 11 is 1.66. The smallest absolute Gasteiger partial charge is 0.189 e. The third-order valence-corrected chi connectivity index (χ3v) is 4.95. The van der Waals surface area contributed by atoms with Gasteiger partial charge in [0.25, 0.3) is 0 Å². The molecule has 0 radical (unpaired) electrons. The minimum atomic E-state index is 0.855. The van der Waals surface area contributed by atoms with Crippen LogP contribution < -0.4 is 10.2 Å². The van der Waals surface area contributed by atoms with Crippen LogP contribution in [0.5, 0.6) is 0 Å². The number of anilines is 1. The molecule has 1 aromatic heterocycles. The molecule has 1 fully saturated rings. The van der Waals surface area contributed by atoms with Crippen LogP contribution >= 0.6 is 11.8 Å². The maximum Gasteiger partial charge on any atom is 0.189 e. The van der Waals surface area contributed by atoms with E-state index in [2.05, 4.69) is 23.4 Å².